The van der Waals surface area contributed by atoms with Crippen molar-refractivity contribution in [3.8, 4) is 5.75 Å². The minimum Gasteiger partial charge on any atom is -0.487 e. The number of nitrogens with zero attached hydrogens (tertiary/aromatic N) is 2. The molecule has 176 valence electrons. The molecule has 1 fully saturated rings. The van der Waals surface area contributed by atoms with Crippen LogP contribution in [0.4, 0.5) is 5.69 Å². The molecule has 1 saturated heterocycles. The number of anilines is 1. The summed E-state index contributed by atoms with van der Waals surface area (Å²) in [5.74, 6) is -0.0966. The number of hydrogen-bond acceptors (Lipinski definition) is 5. The molecule has 2 aliphatic rings. The van der Waals surface area contributed by atoms with Crippen molar-refractivity contribution in [2.24, 2.45) is 0 Å². The highest BCUT2D eigenvalue weighted by Gasteiger charge is 2.44. The first-order chi connectivity index (χ1) is 16.4. The summed E-state index contributed by atoms with van der Waals surface area (Å²) in [6.07, 6.45) is 1.31. The Bertz CT molecular complexity index is 1300. The van der Waals surface area contributed by atoms with Crippen LogP contribution >= 0.6 is 0 Å². The molecular formula is C26H26N2O5S. The lowest BCUT2D eigenvalue weighted by Crippen LogP contribution is -2.34. The first-order valence-electron chi connectivity index (χ1n) is 11.3. The zero-order chi connectivity index (χ0) is 23.7. The van der Waals surface area contributed by atoms with Gasteiger partial charge in [0.25, 0.3) is 5.91 Å². The maximum Gasteiger partial charge on any atom is 0.329 e. The predicted octanol–water partition coefficient (Wildman–Crippen LogP) is 3.21. The third-order valence-electron chi connectivity index (χ3n) is 6.27. The SMILES string of the molecule is O=C1CN(c2cc3c(cc2OCc2ccccc2)CC(O)CC3)S(=O)(=O)N1Cc1ccccc1. The van der Waals surface area contributed by atoms with Crippen LogP contribution in [-0.2, 0) is 41.0 Å². The van der Waals surface area contributed by atoms with Gasteiger partial charge in [0.05, 0.1) is 18.3 Å². The lowest BCUT2D eigenvalue weighted by atomic mass is 9.89. The second kappa shape index (κ2) is 9.12. The molecule has 1 unspecified atom stereocenters. The van der Waals surface area contributed by atoms with Crippen molar-refractivity contribution in [3.63, 3.8) is 0 Å². The summed E-state index contributed by atoms with van der Waals surface area (Å²) in [7, 11) is -4.08. The van der Waals surface area contributed by atoms with E-state index in [4.69, 9.17) is 4.74 Å². The summed E-state index contributed by atoms with van der Waals surface area (Å²) in [5.41, 5.74) is 3.94. The molecule has 8 heteroatoms. The van der Waals surface area contributed by atoms with Crippen LogP contribution in [0.1, 0.15) is 28.7 Å². The number of carbonyl (C=O) groups is 1. The fraction of sp³-hybridized carbons (Fsp3) is 0.269. The maximum absolute atomic E-state index is 13.5. The van der Waals surface area contributed by atoms with Gasteiger partial charge in [0.1, 0.15) is 18.9 Å². The van der Waals surface area contributed by atoms with E-state index < -0.39 is 22.2 Å². The van der Waals surface area contributed by atoms with Crippen molar-refractivity contribution in [1.29, 1.82) is 0 Å². The van der Waals surface area contributed by atoms with E-state index in [2.05, 4.69) is 0 Å². The third kappa shape index (κ3) is 4.38. The fourth-order valence-electron chi connectivity index (χ4n) is 4.46. The van der Waals surface area contributed by atoms with Crippen molar-refractivity contribution in [1.82, 2.24) is 4.31 Å². The van der Waals surface area contributed by atoms with Gasteiger partial charge >= 0.3 is 10.2 Å². The van der Waals surface area contributed by atoms with Crippen LogP contribution in [0.3, 0.4) is 0 Å². The summed E-state index contributed by atoms with van der Waals surface area (Å²) in [6, 6.07) is 22.3. The van der Waals surface area contributed by atoms with Crippen LogP contribution in [0.2, 0.25) is 0 Å². The van der Waals surface area contributed by atoms with Crippen LogP contribution < -0.4 is 9.04 Å². The quantitative estimate of drug-likeness (QED) is 0.588. The monoisotopic (exact) mass is 478 g/mol. The van der Waals surface area contributed by atoms with Crippen molar-refractivity contribution in [3.05, 3.63) is 95.1 Å². The highest BCUT2D eigenvalue weighted by Crippen LogP contribution is 2.39. The number of hydrogen-bond donors (Lipinski definition) is 1. The van der Waals surface area contributed by atoms with E-state index in [1.54, 1.807) is 18.2 Å². The van der Waals surface area contributed by atoms with Gasteiger partial charge in [-0.3, -0.25) is 4.79 Å². The molecular weight excluding hydrogens is 452 g/mol. The normalized spacial score (nSPS) is 19.2. The number of benzene rings is 3. The minimum atomic E-state index is -4.08. The Hall–Kier alpha value is -3.36. The smallest absolute Gasteiger partial charge is 0.329 e. The van der Waals surface area contributed by atoms with E-state index >= 15 is 0 Å². The molecule has 34 heavy (non-hydrogen) atoms. The summed E-state index contributed by atoms with van der Waals surface area (Å²) in [4.78, 5) is 12.8. The highest BCUT2D eigenvalue weighted by atomic mass is 32.2. The average molecular weight is 479 g/mol. The molecule has 1 aliphatic carbocycles. The Morgan fingerprint density at radius 2 is 1.62 bits per heavy atom. The van der Waals surface area contributed by atoms with Crippen LogP contribution in [0.25, 0.3) is 0 Å². The molecule has 1 N–H and O–H groups in total. The molecule has 1 atom stereocenters. The number of aryl methyl sites for hydroxylation is 1. The molecule has 1 amide bonds. The van der Waals surface area contributed by atoms with Gasteiger partial charge in [-0.05, 0) is 53.6 Å². The Morgan fingerprint density at radius 1 is 0.941 bits per heavy atom. The van der Waals surface area contributed by atoms with Gasteiger partial charge in [0, 0.05) is 0 Å². The van der Waals surface area contributed by atoms with Crippen LogP contribution in [0.15, 0.2) is 72.8 Å². The van der Waals surface area contributed by atoms with Gasteiger partial charge in [-0.15, -0.1) is 0 Å². The third-order valence-corrected chi connectivity index (χ3v) is 8.05. The van der Waals surface area contributed by atoms with Crippen molar-refractivity contribution < 1.29 is 23.1 Å². The zero-order valence-corrected chi connectivity index (χ0v) is 19.4. The molecule has 5 rings (SSSR count). The van der Waals surface area contributed by atoms with Crippen LogP contribution in [-0.4, -0.2) is 36.4 Å². The second-order valence-electron chi connectivity index (χ2n) is 8.66. The lowest BCUT2D eigenvalue weighted by Gasteiger charge is -2.26. The molecule has 0 bridgehead atoms. The Kier molecular flexibility index (Phi) is 6.02. The number of ether oxygens (including phenoxy) is 1. The zero-order valence-electron chi connectivity index (χ0n) is 18.6. The van der Waals surface area contributed by atoms with Crippen molar-refractivity contribution in [2.45, 2.75) is 38.5 Å². The Balaban J connectivity index is 1.50. The first-order valence-corrected chi connectivity index (χ1v) is 12.7. The first kappa shape index (κ1) is 22.4. The van der Waals surface area contributed by atoms with Gasteiger partial charge in [0.15, 0.2) is 0 Å². The molecule has 0 saturated carbocycles. The van der Waals surface area contributed by atoms with Gasteiger partial charge in [-0.25, -0.2) is 8.61 Å². The van der Waals surface area contributed by atoms with E-state index in [-0.39, 0.29) is 19.7 Å². The van der Waals surface area contributed by atoms with Crippen LogP contribution in [0, 0.1) is 0 Å². The number of aliphatic hydroxyl groups excluding tert-OH is 1. The van der Waals surface area contributed by atoms with Crippen molar-refractivity contribution >= 4 is 21.8 Å². The fourth-order valence-corrected chi connectivity index (χ4v) is 5.99. The molecule has 3 aromatic rings. The standard InChI is InChI=1S/C26H26N2O5S/c29-23-12-11-21-14-24(25(15-22(21)13-23)33-18-20-9-5-2-6-10-20)27-17-26(30)28(34(27,31)32)16-19-7-3-1-4-8-19/h1-10,14-15,23,29H,11-13,16-18H2. The summed E-state index contributed by atoms with van der Waals surface area (Å²) in [6.45, 7) is -0.0428. The van der Waals surface area contributed by atoms with E-state index in [9.17, 15) is 18.3 Å². The summed E-state index contributed by atoms with van der Waals surface area (Å²) >= 11 is 0. The number of aliphatic hydroxyl groups is 1. The van der Waals surface area contributed by atoms with E-state index in [1.807, 2.05) is 54.6 Å². The summed E-state index contributed by atoms with van der Waals surface area (Å²) in [5, 5.41) is 10.1. The summed E-state index contributed by atoms with van der Waals surface area (Å²) < 4.78 is 35.1. The van der Waals surface area contributed by atoms with Crippen molar-refractivity contribution in [2.75, 3.05) is 10.8 Å². The molecule has 1 heterocycles. The van der Waals surface area contributed by atoms with E-state index in [0.29, 0.717) is 30.7 Å². The lowest BCUT2D eigenvalue weighted by molar-refractivity contribution is -0.124. The number of carbonyl (C=O) groups excluding carboxylic acids is 1. The maximum atomic E-state index is 13.5. The van der Waals surface area contributed by atoms with Gasteiger partial charge < -0.3 is 9.84 Å². The largest absolute Gasteiger partial charge is 0.487 e. The molecule has 1 aliphatic heterocycles. The highest BCUT2D eigenvalue weighted by molar-refractivity contribution is 7.91. The number of rotatable bonds is 6. The topological polar surface area (TPSA) is 87.1 Å². The van der Waals surface area contributed by atoms with Gasteiger partial charge in [0.2, 0.25) is 0 Å². The minimum absolute atomic E-state index is 0.0180. The predicted molar refractivity (Wildman–Crippen MR) is 129 cm³/mol. The molecule has 0 spiro atoms. The van der Waals surface area contributed by atoms with Gasteiger partial charge in [-0.2, -0.15) is 8.42 Å². The number of fused-ring (bicyclic) bond motifs is 1. The Morgan fingerprint density at radius 3 is 2.32 bits per heavy atom. The van der Waals surface area contributed by atoms with E-state index in [0.717, 1.165) is 30.9 Å². The molecule has 0 aromatic heterocycles. The Labute approximate surface area is 199 Å². The molecule has 0 radical (unpaired) electrons. The second-order valence-corrected chi connectivity index (χ2v) is 10.4. The molecule has 3 aromatic carbocycles. The number of amides is 1. The average Bonchev–Trinajstić information content (AvgIpc) is 3.06. The molecule has 7 nitrogen and oxygen atoms in total. The van der Waals surface area contributed by atoms with Gasteiger partial charge in [-0.1, -0.05) is 60.7 Å². The van der Waals surface area contributed by atoms with E-state index in [1.165, 1.54) is 0 Å². The van der Waals surface area contributed by atoms with Crippen LogP contribution in [0.5, 0.6) is 5.75 Å².